The zero-order chi connectivity index (χ0) is 33.0. The fourth-order valence-corrected chi connectivity index (χ4v) is 6.43. The molecule has 0 amide bonds. The van der Waals surface area contributed by atoms with Gasteiger partial charge in [-0.3, -0.25) is 14.3 Å². The van der Waals surface area contributed by atoms with Crippen molar-refractivity contribution >= 4 is 11.6 Å². The fourth-order valence-electron chi connectivity index (χ4n) is 6.43. The Bertz CT molecular complexity index is 1960. The number of Topliss-reactive ketones (excluding diaryl/α,β-unsaturated/α-hetero) is 1. The highest BCUT2D eigenvalue weighted by Crippen LogP contribution is 2.30. The van der Waals surface area contributed by atoms with Crippen molar-refractivity contribution in [1.82, 2.24) is 29.5 Å². The molecule has 2 aliphatic rings. The number of aromatic nitrogens is 6. The summed E-state index contributed by atoms with van der Waals surface area (Å²) in [6, 6.07) is 13.6. The summed E-state index contributed by atoms with van der Waals surface area (Å²) >= 11 is 0. The van der Waals surface area contributed by atoms with Gasteiger partial charge in [0.1, 0.15) is 5.82 Å². The van der Waals surface area contributed by atoms with Crippen LogP contribution in [0.1, 0.15) is 53.3 Å². The van der Waals surface area contributed by atoms with Crippen molar-refractivity contribution in [3.05, 3.63) is 100 Å². The van der Waals surface area contributed by atoms with Gasteiger partial charge in [0.25, 0.3) is 0 Å². The molecule has 48 heavy (non-hydrogen) atoms. The van der Waals surface area contributed by atoms with Gasteiger partial charge in [-0.2, -0.15) is 15.3 Å². The molecule has 0 atom stereocenters. The molecule has 2 N–H and O–H groups in total. The topological polar surface area (TPSA) is 140 Å². The van der Waals surface area contributed by atoms with E-state index < -0.39 is 0 Å². The van der Waals surface area contributed by atoms with Crippen molar-refractivity contribution in [2.75, 3.05) is 32.2 Å². The Kier molecular flexibility index (Phi) is 9.22. The van der Waals surface area contributed by atoms with Crippen LogP contribution in [-0.4, -0.2) is 61.7 Å². The standard InChI is InChI=1S/C37H39N7O4/c1-24-2-4-26(5-3-24)32-22-43(20-25-8-12-47-13-9-25)23-33(36(32)46)35(45)17-29-6-7-34(42-41-29)31-16-27(18-39-37(31)38)28-19-40-44(21-28)30-10-14-48-15-11-30/h2-7,16,18-19,21-23,25,30H,8-15,17,20H2,1H3,(H2,38,39). The molecule has 6 heterocycles. The van der Waals surface area contributed by atoms with E-state index in [-0.39, 0.29) is 23.2 Å². The van der Waals surface area contributed by atoms with Gasteiger partial charge in [-0.05, 0) is 62.3 Å². The Morgan fingerprint density at radius 2 is 1.60 bits per heavy atom. The molecule has 0 bridgehead atoms. The molecule has 0 radical (unpaired) electrons. The van der Waals surface area contributed by atoms with Gasteiger partial charge in [-0.1, -0.05) is 29.8 Å². The summed E-state index contributed by atoms with van der Waals surface area (Å²) in [5, 5.41) is 13.4. The monoisotopic (exact) mass is 645 g/mol. The van der Waals surface area contributed by atoms with Crippen molar-refractivity contribution in [3.8, 4) is 33.5 Å². The average molecular weight is 646 g/mol. The largest absolute Gasteiger partial charge is 0.383 e. The van der Waals surface area contributed by atoms with Gasteiger partial charge in [-0.25, -0.2) is 4.98 Å². The summed E-state index contributed by atoms with van der Waals surface area (Å²) in [6.07, 6.45) is 12.8. The maximum absolute atomic E-state index is 13.7. The number of anilines is 1. The molecule has 5 aromatic rings. The second kappa shape index (κ2) is 14.0. The fraction of sp³-hybridized carbons (Fsp3) is 0.351. The molecule has 11 heteroatoms. The van der Waals surface area contributed by atoms with E-state index in [1.165, 1.54) is 0 Å². The molecule has 2 fully saturated rings. The normalized spacial score (nSPS) is 15.9. The summed E-state index contributed by atoms with van der Waals surface area (Å²) in [4.78, 5) is 31.8. The quantitative estimate of drug-likeness (QED) is 0.211. The Labute approximate surface area is 278 Å². The van der Waals surface area contributed by atoms with Gasteiger partial charge in [0.15, 0.2) is 11.2 Å². The lowest BCUT2D eigenvalue weighted by atomic mass is 9.98. The number of carbonyl (C=O) groups excluding carboxylic acids is 1. The van der Waals surface area contributed by atoms with Crippen LogP contribution in [0.3, 0.4) is 0 Å². The van der Waals surface area contributed by atoms with Crippen LogP contribution >= 0.6 is 0 Å². The number of nitrogens with zero attached hydrogens (tertiary/aromatic N) is 6. The van der Waals surface area contributed by atoms with Crippen molar-refractivity contribution in [2.45, 2.75) is 51.6 Å². The number of ketones is 1. The highest BCUT2D eigenvalue weighted by atomic mass is 16.5. The zero-order valence-electron chi connectivity index (χ0n) is 27.0. The molecule has 2 saturated heterocycles. The number of aryl methyl sites for hydroxylation is 1. The minimum absolute atomic E-state index is 0.0592. The van der Waals surface area contributed by atoms with E-state index in [0.29, 0.717) is 46.8 Å². The van der Waals surface area contributed by atoms with E-state index in [1.54, 1.807) is 24.5 Å². The Morgan fingerprint density at radius 3 is 2.33 bits per heavy atom. The molecule has 0 saturated carbocycles. The number of hydrogen-bond donors (Lipinski definition) is 1. The van der Waals surface area contributed by atoms with Gasteiger partial charge in [0, 0.05) is 80.0 Å². The van der Waals surface area contributed by atoms with Gasteiger partial charge in [0.05, 0.1) is 35.6 Å². The zero-order valence-corrected chi connectivity index (χ0v) is 27.0. The first-order valence-electron chi connectivity index (χ1n) is 16.5. The molecule has 2 aliphatic heterocycles. The number of nitrogens with two attached hydrogens (primary N) is 1. The van der Waals surface area contributed by atoms with Gasteiger partial charge < -0.3 is 19.8 Å². The van der Waals surface area contributed by atoms with Crippen molar-refractivity contribution < 1.29 is 14.3 Å². The van der Waals surface area contributed by atoms with E-state index in [9.17, 15) is 9.59 Å². The minimum Gasteiger partial charge on any atom is -0.383 e. The maximum Gasteiger partial charge on any atom is 0.200 e. The highest BCUT2D eigenvalue weighted by Gasteiger charge is 2.21. The second-order valence-electron chi connectivity index (χ2n) is 12.8. The predicted octanol–water partition coefficient (Wildman–Crippen LogP) is 5.32. The van der Waals surface area contributed by atoms with E-state index in [2.05, 4.69) is 20.3 Å². The molecule has 0 aliphatic carbocycles. The lowest BCUT2D eigenvalue weighted by Crippen LogP contribution is -2.25. The van der Waals surface area contributed by atoms with Crippen LogP contribution in [0.4, 0.5) is 5.82 Å². The molecule has 246 valence electrons. The third-order valence-electron chi connectivity index (χ3n) is 9.31. The first kappa shape index (κ1) is 31.6. The van der Waals surface area contributed by atoms with E-state index in [1.807, 2.05) is 65.1 Å². The summed E-state index contributed by atoms with van der Waals surface area (Å²) in [7, 11) is 0. The maximum atomic E-state index is 13.7. The van der Waals surface area contributed by atoms with Crippen LogP contribution in [0.25, 0.3) is 33.5 Å². The van der Waals surface area contributed by atoms with Crippen molar-refractivity contribution in [3.63, 3.8) is 0 Å². The second-order valence-corrected chi connectivity index (χ2v) is 12.8. The minimum atomic E-state index is -0.304. The van der Waals surface area contributed by atoms with Gasteiger partial charge in [0.2, 0.25) is 0 Å². The van der Waals surface area contributed by atoms with Crippen molar-refractivity contribution in [1.29, 1.82) is 0 Å². The Balaban J connectivity index is 1.12. The molecule has 0 spiro atoms. The molecule has 7 rings (SSSR count). The predicted molar refractivity (Wildman–Crippen MR) is 182 cm³/mol. The number of benzene rings is 1. The Hall–Kier alpha value is -5.00. The molecule has 0 unspecified atom stereocenters. The number of pyridine rings is 2. The number of rotatable bonds is 9. The van der Waals surface area contributed by atoms with E-state index >= 15 is 0 Å². The van der Waals surface area contributed by atoms with E-state index in [4.69, 9.17) is 15.2 Å². The molecule has 11 nitrogen and oxygen atoms in total. The van der Waals surface area contributed by atoms with Gasteiger partial charge >= 0.3 is 0 Å². The lowest BCUT2D eigenvalue weighted by molar-refractivity contribution is 0.0612. The van der Waals surface area contributed by atoms with Crippen LogP contribution in [0.2, 0.25) is 0 Å². The van der Waals surface area contributed by atoms with Gasteiger partial charge in [-0.15, -0.1) is 0 Å². The smallest absolute Gasteiger partial charge is 0.200 e. The lowest BCUT2D eigenvalue weighted by Gasteiger charge is -2.23. The van der Waals surface area contributed by atoms with Crippen LogP contribution in [0.15, 0.2) is 78.2 Å². The summed E-state index contributed by atoms with van der Waals surface area (Å²) < 4.78 is 15.0. The van der Waals surface area contributed by atoms with Crippen LogP contribution in [0, 0.1) is 12.8 Å². The summed E-state index contributed by atoms with van der Waals surface area (Å²) in [5.41, 5.74) is 12.0. The third-order valence-corrected chi connectivity index (χ3v) is 9.31. The van der Waals surface area contributed by atoms with Crippen LogP contribution < -0.4 is 11.2 Å². The number of hydrogen-bond acceptors (Lipinski definition) is 9. The van der Waals surface area contributed by atoms with Crippen molar-refractivity contribution in [2.24, 2.45) is 5.92 Å². The number of ether oxygens (including phenoxy) is 2. The average Bonchev–Trinajstić information content (AvgIpc) is 3.61. The summed E-state index contributed by atoms with van der Waals surface area (Å²) in [6.45, 7) is 5.64. The molecule has 4 aromatic heterocycles. The van der Waals surface area contributed by atoms with Crippen LogP contribution in [0.5, 0.6) is 0 Å². The third kappa shape index (κ3) is 6.97. The van der Waals surface area contributed by atoms with Crippen LogP contribution in [-0.2, 0) is 22.4 Å². The first-order valence-corrected chi connectivity index (χ1v) is 16.5. The molecular formula is C37H39N7O4. The summed E-state index contributed by atoms with van der Waals surface area (Å²) in [5.74, 6) is 0.435. The highest BCUT2D eigenvalue weighted by molar-refractivity contribution is 5.98. The number of carbonyl (C=O) groups is 1. The number of nitrogen functional groups attached to an aromatic ring is 1. The van der Waals surface area contributed by atoms with E-state index in [0.717, 1.165) is 74.4 Å². The SMILES string of the molecule is Cc1ccc(-c2cn(CC3CCOCC3)cc(C(=O)Cc3ccc(-c4cc(-c5cnn(C6CCOCC6)c5)cnc4N)nn3)c2=O)cc1. The first-order chi connectivity index (χ1) is 23.4. The Morgan fingerprint density at radius 1 is 0.854 bits per heavy atom. The molecule has 1 aromatic carbocycles. The molecular weight excluding hydrogens is 606 g/mol.